The minimum atomic E-state index is -0.560. The standard InChI is InChI=1S/C12H11FN6S/c1-20-12-17-10(5-11(18-12)19-15)16-8-2-3-9(13)7(4-8)6-14/h2-5H,15H2,1H3,(H2,16,17,18,19). The summed E-state index contributed by atoms with van der Waals surface area (Å²) in [6.45, 7) is 0. The number of anilines is 3. The second-order valence-electron chi connectivity index (χ2n) is 3.70. The number of nitrogen functional groups attached to an aromatic ring is 1. The van der Waals surface area contributed by atoms with E-state index in [-0.39, 0.29) is 5.56 Å². The summed E-state index contributed by atoms with van der Waals surface area (Å²) in [7, 11) is 0. The van der Waals surface area contributed by atoms with Crippen LogP contribution in [0, 0.1) is 17.1 Å². The van der Waals surface area contributed by atoms with E-state index in [2.05, 4.69) is 20.7 Å². The normalized spacial score (nSPS) is 9.90. The molecule has 20 heavy (non-hydrogen) atoms. The van der Waals surface area contributed by atoms with Crippen molar-refractivity contribution in [2.24, 2.45) is 5.84 Å². The number of hydrogen-bond donors (Lipinski definition) is 3. The van der Waals surface area contributed by atoms with Gasteiger partial charge >= 0.3 is 0 Å². The van der Waals surface area contributed by atoms with Gasteiger partial charge in [0, 0.05) is 11.8 Å². The predicted octanol–water partition coefficient (Wildman–Crippen LogP) is 2.24. The molecule has 8 heteroatoms. The Balaban J connectivity index is 2.32. The summed E-state index contributed by atoms with van der Waals surface area (Å²) >= 11 is 1.36. The van der Waals surface area contributed by atoms with E-state index in [1.165, 1.54) is 30.0 Å². The van der Waals surface area contributed by atoms with E-state index in [1.54, 1.807) is 12.1 Å². The number of nitrogens with one attached hydrogen (secondary N) is 2. The van der Waals surface area contributed by atoms with Gasteiger partial charge in [-0.15, -0.1) is 0 Å². The Bertz CT molecular complexity index is 647. The van der Waals surface area contributed by atoms with Gasteiger partial charge in [-0.1, -0.05) is 11.8 Å². The van der Waals surface area contributed by atoms with Gasteiger partial charge in [0.2, 0.25) is 0 Å². The van der Waals surface area contributed by atoms with E-state index in [9.17, 15) is 4.39 Å². The number of thioether (sulfide) groups is 1. The van der Waals surface area contributed by atoms with Crippen molar-refractivity contribution in [2.45, 2.75) is 5.16 Å². The topological polar surface area (TPSA) is 99.6 Å². The summed E-state index contributed by atoms with van der Waals surface area (Å²) in [5, 5.41) is 12.3. The molecule has 1 aromatic carbocycles. The van der Waals surface area contributed by atoms with Crippen LogP contribution in [0.2, 0.25) is 0 Å². The molecule has 0 aliphatic heterocycles. The average molecular weight is 290 g/mol. The predicted molar refractivity (Wildman–Crippen MR) is 76.0 cm³/mol. The van der Waals surface area contributed by atoms with Gasteiger partial charge in [-0.2, -0.15) is 5.26 Å². The van der Waals surface area contributed by atoms with E-state index in [0.717, 1.165) is 0 Å². The Morgan fingerprint density at radius 1 is 1.30 bits per heavy atom. The van der Waals surface area contributed by atoms with Crippen LogP contribution in [0.1, 0.15) is 5.56 Å². The zero-order valence-corrected chi connectivity index (χ0v) is 11.3. The third-order valence-corrected chi connectivity index (χ3v) is 2.94. The van der Waals surface area contributed by atoms with Crippen LogP contribution in [0.3, 0.4) is 0 Å². The fourth-order valence-corrected chi connectivity index (χ4v) is 1.87. The van der Waals surface area contributed by atoms with E-state index >= 15 is 0 Å². The first-order valence-electron chi connectivity index (χ1n) is 5.52. The highest BCUT2D eigenvalue weighted by Gasteiger charge is 2.06. The lowest BCUT2D eigenvalue weighted by atomic mass is 10.2. The monoisotopic (exact) mass is 290 g/mol. The minimum absolute atomic E-state index is 0.0358. The Hall–Kier alpha value is -2.37. The smallest absolute Gasteiger partial charge is 0.191 e. The maximum Gasteiger partial charge on any atom is 0.191 e. The zero-order valence-electron chi connectivity index (χ0n) is 10.5. The number of aromatic nitrogens is 2. The molecule has 0 aliphatic carbocycles. The van der Waals surface area contributed by atoms with Crippen molar-refractivity contribution >= 4 is 29.1 Å². The van der Waals surface area contributed by atoms with Crippen molar-refractivity contribution in [1.82, 2.24) is 9.97 Å². The maximum absolute atomic E-state index is 13.2. The van der Waals surface area contributed by atoms with Crippen molar-refractivity contribution in [2.75, 3.05) is 17.0 Å². The molecule has 0 atom stereocenters. The van der Waals surface area contributed by atoms with Crippen molar-refractivity contribution in [1.29, 1.82) is 5.26 Å². The number of hydrazine groups is 1. The van der Waals surface area contributed by atoms with Crippen LogP contribution in [-0.4, -0.2) is 16.2 Å². The van der Waals surface area contributed by atoms with Crippen LogP contribution >= 0.6 is 11.8 Å². The fraction of sp³-hybridized carbons (Fsp3) is 0.0833. The second-order valence-corrected chi connectivity index (χ2v) is 4.47. The maximum atomic E-state index is 13.2. The Labute approximate surface area is 119 Å². The lowest BCUT2D eigenvalue weighted by Gasteiger charge is -2.09. The SMILES string of the molecule is CSc1nc(NN)cc(Nc2ccc(F)c(C#N)c2)n1. The number of benzene rings is 1. The first kappa shape index (κ1) is 14.0. The number of nitriles is 1. The minimum Gasteiger partial charge on any atom is -0.340 e. The van der Waals surface area contributed by atoms with Gasteiger partial charge in [0.1, 0.15) is 23.5 Å². The molecule has 0 unspecified atom stereocenters. The lowest BCUT2D eigenvalue weighted by Crippen LogP contribution is -2.10. The molecule has 102 valence electrons. The highest BCUT2D eigenvalue weighted by atomic mass is 32.2. The molecule has 0 radical (unpaired) electrons. The van der Waals surface area contributed by atoms with Crippen LogP contribution < -0.4 is 16.6 Å². The Kier molecular flexibility index (Phi) is 4.34. The summed E-state index contributed by atoms with van der Waals surface area (Å²) in [4.78, 5) is 8.36. The molecule has 0 saturated heterocycles. The van der Waals surface area contributed by atoms with E-state index in [4.69, 9.17) is 11.1 Å². The fourth-order valence-electron chi connectivity index (χ4n) is 1.49. The number of rotatable bonds is 4. The highest BCUT2D eigenvalue weighted by molar-refractivity contribution is 7.98. The number of nitrogens with two attached hydrogens (primary N) is 1. The van der Waals surface area contributed by atoms with E-state index in [0.29, 0.717) is 22.5 Å². The quantitative estimate of drug-likeness (QED) is 0.343. The molecule has 6 nitrogen and oxygen atoms in total. The number of nitrogens with zero attached hydrogens (tertiary/aromatic N) is 3. The highest BCUT2D eigenvalue weighted by Crippen LogP contribution is 2.21. The van der Waals surface area contributed by atoms with E-state index < -0.39 is 5.82 Å². The van der Waals surface area contributed by atoms with Crippen molar-refractivity contribution in [3.05, 3.63) is 35.6 Å². The molecule has 0 bridgehead atoms. The van der Waals surface area contributed by atoms with Crippen molar-refractivity contribution < 1.29 is 4.39 Å². The van der Waals surface area contributed by atoms with Crippen LogP contribution in [0.5, 0.6) is 0 Å². The third kappa shape index (κ3) is 3.14. The largest absolute Gasteiger partial charge is 0.340 e. The molecular weight excluding hydrogens is 279 g/mol. The molecule has 0 spiro atoms. The molecule has 2 aromatic rings. The van der Waals surface area contributed by atoms with Crippen LogP contribution in [0.15, 0.2) is 29.4 Å². The van der Waals surface area contributed by atoms with Crippen LogP contribution in [0.25, 0.3) is 0 Å². The van der Waals surface area contributed by atoms with Gasteiger partial charge in [0.05, 0.1) is 5.56 Å². The van der Waals surface area contributed by atoms with Gasteiger partial charge in [0.15, 0.2) is 5.16 Å². The summed E-state index contributed by atoms with van der Waals surface area (Å²) in [6.07, 6.45) is 1.84. The lowest BCUT2D eigenvalue weighted by molar-refractivity contribution is 0.624. The zero-order chi connectivity index (χ0) is 14.5. The van der Waals surface area contributed by atoms with Gasteiger partial charge in [-0.25, -0.2) is 20.2 Å². The van der Waals surface area contributed by atoms with Crippen LogP contribution in [0.4, 0.5) is 21.7 Å². The third-order valence-electron chi connectivity index (χ3n) is 2.40. The molecule has 0 amide bonds. The number of hydrogen-bond acceptors (Lipinski definition) is 7. The Morgan fingerprint density at radius 3 is 2.70 bits per heavy atom. The van der Waals surface area contributed by atoms with Gasteiger partial charge < -0.3 is 10.7 Å². The second kappa shape index (κ2) is 6.18. The molecule has 1 heterocycles. The Morgan fingerprint density at radius 2 is 2.05 bits per heavy atom. The molecule has 0 fully saturated rings. The first-order valence-corrected chi connectivity index (χ1v) is 6.75. The van der Waals surface area contributed by atoms with Gasteiger partial charge in [0.25, 0.3) is 0 Å². The molecule has 4 N–H and O–H groups in total. The van der Waals surface area contributed by atoms with Gasteiger partial charge in [-0.05, 0) is 24.5 Å². The average Bonchev–Trinajstić information content (AvgIpc) is 2.48. The first-order chi connectivity index (χ1) is 9.66. The summed E-state index contributed by atoms with van der Waals surface area (Å²) < 4.78 is 13.2. The molecule has 0 aliphatic rings. The van der Waals surface area contributed by atoms with Crippen molar-refractivity contribution in [3.63, 3.8) is 0 Å². The summed E-state index contributed by atoms with van der Waals surface area (Å²) in [5.74, 6) is 5.72. The van der Waals surface area contributed by atoms with Gasteiger partial charge in [-0.3, -0.25) is 0 Å². The summed E-state index contributed by atoms with van der Waals surface area (Å²) in [6, 6.07) is 7.54. The van der Waals surface area contributed by atoms with Crippen molar-refractivity contribution in [3.8, 4) is 6.07 Å². The molecule has 2 rings (SSSR count). The molecule has 1 aromatic heterocycles. The van der Waals surface area contributed by atoms with E-state index in [1.807, 2.05) is 6.26 Å². The molecule has 0 saturated carbocycles. The number of halogens is 1. The van der Waals surface area contributed by atoms with Crippen LogP contribution in [-0.2, 0) is 0 Å². The molecular formula is C12H11FN6S. The summed E-state index contributed by atoms with van der Waals surface area (Å²) in [5.41, 5.74) is 2.96.